The highest BCUT2D eigenvalue weighted by atomic mass is 35.5. The maximum absolute atomic E-state index is 12.0. The maximum atomic E-state index is 12.0. The molecule has 0 saturated heterocycles. The molecule has 0 radical (unpaired) electrons. The van der Waals surface area contributed by atoms with Crippen LogP contribution in [-0.4, -0.2) is 53.6 Å². The lowest BCUT2D eigenvalue weighted by atomic mass is 10.1. The fourth-order valence-electron chi connectivity index (χ4n) is 3.58. The summed E-state index contributed by atoms with van der Waals surface area (Å²) in [6.45, 7) is 5.83. The van der Waals surface area contributed by atoms with E-state index in [-0.39, 0.29) is 23.8 Å². The van der Waals surface area contributed by atoms with Crippen LogP contribution >= 0.6 is 11.6 Å². The Labute approximate surface area is 173 Å². The Bertz CT molecular complexity index is 939. The zero-order chi connectivity index (χ0) is 21.1. The summed E-state index contributed by atoms with van der Waals surface area (Å²) in [6.07, 6.45) is 6.43. The SMILES string of the molecule is CCC(=O)N(C(=O)O)[C@@H]1C=C[C@H](n2cnc3c(NC(CC)CC)nc(Cl)nc32)C1. The Morgan fingerprint density at radius 2 is 2.03 bits per heavy atom. The number of hydrogen-bond acceptors (Lipinski definition) is 6. The van der Waals surface area contributed by atoms with Crippen LogP contribution in [0.5, 0.6) is 0 Å². The third-order valence-electron chi connectivity index (χ3n) is 5.23. The van der Waals surface area contributed by atoms with Crippen LogP contribution in [0.25, 0.3) is 11.2 Å². The molecule has 2 aromatic heterocycles. The summed E-state index contributed by atoms with van der Waals surface area (Å²) >= 11 is 6.16. The number of nitrogens with zero attached hydrogens (tertiary/aromatic N) is 5. The molecule has 0 aromatic carbocycles. The molecule has 2 atom stereocenters. The van der Waals surface area contributed by atoms with Gasteiger partial charge in [-0.2, -0.15) is 9.97 Å². The first-order chi connectivity index (χ1) is 13.9. The number of carboxylic acid groups (broad SMARTS) is 1. The molecule has 1 aliphatic rings. The molecule has 10 heteroatoms. The Kier molecular flexibility index (Phi) is 6.36. The van der Waals surface area contributed by atoms with Gasteiger partial charge in [-0.3, -0.25) is 4.79 Å². The highest BCUT2D eigenvalue weighted by molar-refractivity contribution is 6.28. The van der Waals surface area contributed by atoms with Crippen LogP contribution < -0.4 is 5.32 Å². The highest BCUT2D eigenvalue weighted by Gasteiger charge is 2.33. The first-order valence-electron chi connectivity index (χ1n) is 9.79. The quantitative estimate of drug-likeness (QED) is 0.516. The standard InChI is InChI=1S/C19H25ClN6O3/c1-4-11(5-2)22-16-15-17(24-18(20)23-16)25(10-21-15)12-7-8-13(9-12)26(19(28)29)14(27)6-3/h7-8,10-13H,4-6,9H2,1-3H3,(H,28,29)(H,22,23,24)/t12-,13+/m0/s1. The second kappa shape index (κ2) is 8.77. The first kappa shape index (κ1) is 21.0. The summed E-state index contributed by atoms with van der Waals surface area (Å²) in [6, 6.07) is -0.473. The van der Waals surface area contributed by atoms with E-state index < -0.39 is 18.0 Å². The Hall–Kier alpha value is -2.68. The summed E-state index contributed by atoms with van der Waals surface area (Å²) in [5.41, 5.74) is 1.18. The Morgan fingerprint density at radius 3 is 2.66 bits per heavy atom. The summed E-state index contributed by atoms with van der Waals surface area (Å²) in [5.74, 6) is 0.157. The minimum Gasteiger partial charge on any atom is -0.465 e. The van der Waals surface area contributed by atoms with Crippen molar-refractivity contribution in [3.8, 4) is 0 Å². The van der Waals surface area contributed by atoms with Crippen molar-refractivity contribution in [1.82, 2.24) is 24.4 Å². The third-order valence-corrected chi connectivity index (χ3v) is 5.39. The summed E-state index contributed by atoms with van der Waals surface area (Å²) in [4.78, 5) is 37.6. The number of imidazole rings is 1. The molecule has 29 heavy (non-hydrogen) atoms. The predicted octanol–water partition coefficient (Wildman–Crippen LogP) is 3.87. The van der Waals surface area contributed by atoms with Crippen molar-refractivity contribution >= 4 is 40.6 Å². The molecule has 2 aromatic rings. The molecule has 0 aliphatic heterocycles. The summed E-state index contributed by atoms with van der Waals surface area (Å²) < 4.78 is 1.84. The summed E-state index contributed by atoms with van der Waals surface area (Å²) in [5, 5.41) is 12.9. The highest BCUT2D eigenvalue weighted by Crippen LogP contribution is 2.31. The maximum Gasteiger partial charge on any atom is 0.414 e. The number of imide groups is 1. The molecule has 1 aliphatic carbocycles. The lowest BCUT2D eigenvalue weighted by Crippen LogP contribution is -2.42. The average molecular weight is 421 g/mol. The van der Waals surface area contributed by atoms with Crippen LogP contribution in [-0.2, 0) is 4.79 Å². The minimum absolute atomic E-state index is 0.111. The van der Waals surface area contributed by atoms with E-state index in [1.54, 1.807) is 19.3 Å². The van der Waals surface area contributed by atoms with Gasteiger partial charge in [0.2, 0.25) is 11.2 Å². The van der Waals surface area contributed by atoms with Crippen molar-refractivity contribution < 1.29 is 14.7 Å². The van der Waals surface area contributed by atoms with Crippen LogP contribution in [0.4, 0.5) is 10.6 Å². The van der Waals surface area contributed by atoms with E-state index in [0.717, 1.165) is 17.7 Å². The second-order valence-electron chi connectivity index (χ2n) is 6.98. The van der Waals surface area contributed by atoms with Crippen molar-refractivity contribution in [1.29, 1.82) is 0 Å². The van der Waals surface area contributed by atoms with Gasteiger partial charge in [0.05, 0.1) is 18.4 Å². The Balaban J connectivity index is 1.90. The van der Waals surface area contributed by atoms with Crippen molar-refractivity contribution in [2.24, 2.45) is 0 Å². The van der Waals surface area contributed by atoms with Crippen molar-refractivity contribution in [3.63, 3.8) is 0 Å². The number of allylic oxidation sites excluding steroid dienone is 1. The number of amides is 2. The number of hydrogen-bond donors (Lipinski definition) is 2. The van der Waals surface area contributed by atoms with Gasteiger partial charge in [-0.25, -0.2) is 14.7 Å². The van der Waals surface area contributed by atoms with E-state index in [4.69, 9.17) is 11.6 Å². The number of rotatable bonds is 7. The largest absolute Gasteiger partial charge is 0.465 e. The van der Waals surface area contributed by atoms with Crippen LogP contribution in [0.15, 0.2) is 18.5 Å². The van der Waals surface area contributed by atoms with Crippen LogP contribution in [0.2, 0.25) is 5.28 Å². The van der Waals surface area contributed by atoms with Gasteiger partial charge in [0.15, 0.2) is 17.0 Å². The molecule has 2 amide bonds. The van der Waals surface area contributed by atoms with Gasteiger partial charge in [0, 0.05) is 12.5 Å². The molecular weight excluding hydrogens is 396 g/mol. The zero-order valence-corrected chi connectivity index (χ0v) is 17.4. The molecule has 156 valence electrons. The lowest BCUT2D eigenvalue weighted by molar-refractivity contribution is -0.130. The number of carbonyl (C=O) groups excluding carboxylic acids is 1. The molecule has 3 rings (SSSR count). The van der Waals surface area contributed by atoms with E-state index in [1.807, 2.05) is 10.6 Å². The topological polar surface area (TPSA) is 113 Å². The van der Waals surface area contributed by atoms with E-state index in [1.165, 1.54) is 0 Å². The first-order valence-corrected chi connectivity index (χ1v) is 10.2. The van der Waals surface area contributed by atoms with Crippen molar-refractivity contribution in [2.45, 2.75) is 64.6 Å². The van der Waals surface area contributed by atoms with Gasteiger partial charge >= 0.3 is 6.09 Å². The van der Waals surface area contributed by atoms with E-state index in [2.05, 4.69) is 34.1 Å². The molecule has 0 bridgehead atoms. The van der Waals surface area contributed by atoms with E-state index in [9.17, 15) is 14.7 Å². The van der Waals surface area contributed by atoms with E-state index in [0.29, 0.717) is 23.4 Å². The molecule has 0 unspecified atom stereocenters. The molecule has 2 N–H and O–H groups in total. The zero-order valence-electron chi connectivity index (χ0n) is 16.7. The Morgan fingerprint density at radius 1 is 1.31 bits per heavy atom. The number of halogens is 1. The molecule has 0 fully saturated rings. The fraction of sp³-hybridized carbons (Fsp3) is 0.526. The van der Waals surface area contributed by atoms with Gasteiger partial charge in [-0.15, -0.1) is 0 Å². The fourth-order valence-corrected chi connectivity index (χ4v) is 3.75. The number of anilines is 1. The second-order valence-corrected chi connectivity index (χ2v) is 7.32. The minimum atomic E-state index is -1.25. The molecule has 9 nitrogen and oxygen atoms in total. The van der Waals surface area contributed by atoms with Gasteiger partial charge in [-0.05, 0) is 30.9 Å². The van der Waals surface area contributed by atoms with Crippen LogP contribution in [0.1, 0.15) is 52.5 Å². The normalized spacial score (nSPS) is 18.5. The van der Waals surface area contributed by atoms with Crippen molar-refractivity contribution in [2.75, 3.05) is 5.32 Å². The number of fused-ring (bicyclic) bond motifs is 1. The number of carbonyl (C=O) groups is 2. The number of nitrogens with one attached hydrogen (secondary N) is 1. The molecule has 0 saturated carbocycles. The summed E-state index contributed by atoms with van der Waals surface area (Å²) in [7, 11) is 0. The average Bonchev–Trinajstić information content (AvgIpc) is 3.32. The smallest absolute Gasteiger partial charge is 0.414 e. The van der Waals surface area contributed by atoms with Gasteiger partial charge in [0.1, 0.15) is 0 Å². The number of aromatic nitrogens is 4. The van der Waals surface area contributed by atoms with Crippen molar-refractivity contribution in [3.05, 3.63) is 23.8 Å². The molecule has 2 heterocycles. The molecule has 0 spiro atoms. The molecular formula is C19H25ClN6O3. The van der Waals surface area contributed by atoms with Gasteiger partial charge in [0.25, 0.3) is 0 Å². The van der Waals surface area contributed by atoms with Crippen LogP contribution in [0.3, 0.4) is 0 Å². The lowest BCUT2D eigenvalue weighted by Gasteiger charge is -2.23. The monoisotopic (exact) mass is 420 g/mol. The van der Waals surface area contributed by atoms with Crippen LogP contribution in [0, 0.1) is 0 Å². The predicted molar refractivity (Wildman–Crippen MR) is 110 cm³/mol. The van der Waals surface area contributed by atoms with Gasteiger partial charge < -0.3 is 15.0 Å². The third kappa shape index (κ3) is 4.19. The van der Waals surface area contributed by atoms with Gasteiger partial charge in [-0.1, -0.05) is 32.9 Å². The van der Waals surface area contributed by atoms with E-state index >= 15 is 0 Å².